The summed E-state index contributed by atoms with van der Waals surface area (Å²) in [4.78, 5) is 30.5. The van der Waals surface area contributed by atoms with Gasteiger partial charge in [-0.3, -0.25) is 9.78 Å². The van der Waals surface area contributed by atoms with E-state index in [9.17, 15) is 14.0 Å². The predicted molar refractivity (Wildman–Crippen MR) is 111 cm³/mol. The van der Waals surface area contributed by atoms with Crippen molar-refractivity contribution in [2.75, 3.05) is 11.9 Å². The fourth-order valence-electron chi connectivity index (χ4n) is 2.94. The van der Waals surface area contributed by atoms with Crippen molar-refractivity contribution in [2.24, 2.45) is 0 Å². The minimum absolute atomic E-state index is 0.0434. The van der Waals surface area contributed by atoms with Crippen LogP contribution in [0.1, 0.15) is 26.5 Å². The molecule has 7 nitrogen and oxygen atoms in total. The number of likely N-dealkylation sites (N-methyl/N-ethyl adjacent to an activating group) is 1. The summed E-state index contributed by atoms with van der Waals surface area (Å²) in [5.41, 5.74) is 0.0722. The second kappa shape index (κ2) is 8.28. The van der Waals surface area contributed by atoms with Crippen LogP contribution in [0.25, 0.3) is 0 Å². The van der Waals surface area contributed by atoms with Crippen LogP contribution in [0.4, 0.5) is 14.9 Å². The molecule has 0 unspecified atom stereocenters. The average Bonchev–Trinajstić information content (AvgIpc) is 2.63. The summed E-state index contributed by atoms with van der Waals surface area (Å²) in [5.74, 6) is -0.797. The molecule has 1 aromatic carbocycles. The number of fused-ring (bicyclic) bond motifs is 1. The van der Waals surface area contributed by atoms with Crippen LogP contribution in [0, 0.1) is 5.82 Å². The molecule has 0 bridgehead atoms. The maximum atomic E-state index is 13.6. The molecule has 1 atom stereocenters. The third-order valence-corrected chi connectivity index (χ3v) is 4.78. The molecule has 10 heteroatoms. The van der Waals surface area contributed by atoms with Gasteiger partial charge in [-0.25, -0.2) is 9.18 Å². The Morgan fingerprint density at radius 3 is 2.67 bits per heavy atom. The van der Waals surface area contributed by atoms with Crippen molar-refractivity contribution in [1.82, 2.24) is 10.3 Å². The second-order valence-corrected chi connectivity index (χ2v) is 8.52. The normalized spacial score (nSPS) is 16.2. The zero-order valence-electron chi connectivity index (χ0n) is 16.8. The summed E-state index contributed by atoms with van der Waals surface area (Å²) in [7, 11) is 1.50. The number of pyridine rings is 1. The van der Waals surface area contributed by atoms with Crippen LogP contribution in [0.5, 0.6) is 11.5 Å². The van der Waals surface area contributed by atoms with E-state index in [0.29, 0.717) is 11.4 Å². The number of aromatic nitrogens is 1. The summed E-state index contributed by atoms with van der Waals surface area (Å²) < 4.78 is 24.6. The van der Waals surface area contributed by atoms with Gasteiger partial charge in [-0.05, 0) is 32.9 Å². The predicted octanol–water partition coefficient (Wildman–Crippen LogP) is 4.73. The first-order chi connectivity index (χ1) is 14.0. The lowest BCUT2D eigenvalue weighted by Crippen LogP contribution is -2.52. The van der Waals surface area contributed by atoms with Crippen LogP contribution in [0.3, 0.4) is 0 Å². The number of carbonyl (C=O) groups excluding carboxylic acids is 2. The van der Waals surface area contributed by atoms with Crippen LogP contribution in [0.2, 0.25) is 10.0 Å². The van der Waals surface area contributed by atoms with Gasteiger partial charge in [-0.1, -0.05) is 23.2 Å². The van der Waals surface area contributed by atoms with Crippen molar-refractivity contribution in [1.29, 1.82) is 0 Å². The van der Waals surface area contributed by atoms with Crippen molar-refractivity contribution in [3.8, 4) is 11.5 Å². The van der Waals surface area contributed by atoms with E-state index in [0.717, 1.165) is 6.07 Å². The minimum Gasteiger partial charge on any atom is -0.452 e. The lowest BCUT2D eigenvalue weighted by Gasteiger charge is -2.33. The van der Waals surface area contributed by atoms with Crippen LogP contribution < -0.4 is 15.0 Å². The molecule has 0 spiro atoms. The molecule has 2 aromatic rings. The number of halogens is 3. The monoisotopic (exact) mass is 455 g/mol. The number of nitrogens with zero attached hydrogens (tertiary/aromatic N) is 2. The van der Waals surface area contributed by atoms with Gasteiger partial charge in [0.2, 0.25) is 5.91 Å². The van der Waals surface area contributed by atoms with Gasteiger partial charge in [-0.15, -0.1) is 0 Å². The molecule has 1 aliphatic rings. The summed E-state index contributed by atoms with van der Waals surface area (Å²) >= 11 is 12.3. The van der Waals surface area contributed by atoms with Gasteiger partial charge in [-0.2, -0.15) is 0 Å². The van der Waals surface area contributed by atoms with Gasteiger partial charge >= 0.3 is 6.09 Å². The molecule has 160 valence electrons. The Bertz CT molecular complexity index is 1010. The quantitative estimate of drug-likeness (QED) is 0.722. The molecule has 2 heterocycles. The molecule has 3 rings (SSSR count). The standard InChI is InChI=1S/C20H20Cl2FN3O4/c1-20(2,3)30-19(28)25-14-8-13-16(26(4)18(14)27)17(12(22)9-24-13)29-15-7-10(23)5-6-11(15)21/h5-7,9,14H,8H2,1-4H3,(H,25,28)/t14-/m1/s1. The maximum absolute atomic E-state index is 13.6. The molecule has 0 saturated carbocycles. The molecule has 0 fully saturated rings. The van der Waals surface area contributed by atoms with Gasteiger partial charge in [0.1, 0.15) is 33.9 Å². The number of carbonyl (C=O) groups is 2. The molecule has 1 aromatic heterocycles. The SMILES string of the molecule is CN1C(=O)[C@H](NC(=O)OC(C)(C)C)Cc2ncc(Cl)c(Oc3cc(F)ccc3Cl)c21. The highest BCUT2D eigenvalue weighted by Crippen LogP contribution is 2.43. The molecule has 0 aliphatic carbocycles. The first kappa shape index (κ1) is 22.1. The molecule has 30 heavy (non-hydrogen) atoms. The van der Waals surface area contributed by atoms with E-state index in [1.165, 1.54) is 30.3 Å². The number of benzene rings is 1. The van der Waals surface area contributed by atoms with E-state index in [-0.39, 0.29) is 28.0 Å². The molecular weight excluding hydrogens is 436 g/mol. The summed E-state index contributed by atoms with van der Waals surface area (Å²) in [6.45, 7) is 5.17. The number of hydrogen-bond donors (Lipinski definition) is 1. The maximum Gasteiger partial charge on any atom is 0.408 e. The Morgan fingerprint density at radius 2 is 2.00 bits per heavy atom. The summed E-state index contributed by atoms with van der Waals surface area (Å²) in [5, 5.41) is 2.85. The van der Waals surface area contributed by atoms with Crippen molar-refractivity contribution in [3.05, 3.63) is 46.0 Å². The first-order valence-electron chi connectivity index (χ1n) is 9.03. The summed E-state index contributed by atoms with van der Waals surface area (Å²) in [6, 6.07) is 2.78. The lowest BCUT2D eigenvalue weighted by molar-refractivity contribution is -0.120. The van der Waals surface area contributed by atoms with Crippen LogP contribution in [-0.2, 0) is 16.0 Å². The highest BCUT2D eigenvalue weighted by Gasteiger charge is 2.36. The Hall–Kier alpha value is -2.58. The van der Waals surface area contributed by atoms with Gasteiger partial charge in [0.25, 0.3) is 0 Å². The fraction of sp³-hybridized carbons (Fsp3) is 0.350. The number of hydrogen-bond acceptors (Lipinski definition) is 5. The molecule has 2 amide bonds. The Kier molecular flexibility index (Phi) is 6.10. The van der Waals surface area contributed by atoms with E-state index in [2.05, 4.69) is 10.3 Å². The van der Waals surface area contributed by atoms with Crippen molar-refractivity contribution in [3.63, 3.8) is 0 Å². The Morgan fingerprint density at radius 1 is 1.30 bits per heavy atom. The number of ether oxygens (including phenoxy) is 2. The number of anilines is 1. The molecule has 0 saturated heterocycles. The van der Waals surface area contributed by atoms with Gasteiger partial charge in [0, 0.05) is 25.7 Å². The van der Waals surface area contributed by atoms with E-state index < -0.39 is 29.5 Å². The number of alkyl carbamates (subject to hydrolysis) is 1. The summed E-state index contributed by atoms with van der Waals surface area (Å²) in [6.07, 6.45) is 0.744. The van der Waals surface area contributed by atoms with Crippen molar-refractivity contribution < 1.29 is 23.5 Å². The molecule has 1 N–H and O–H groups in total. The zero-order valence-corrected chi connectivity index (χ0v) is 18.3. The number of amides is 2. The minimum atomic E-state index is -0.878. The zero-order chi connectivity index (χ0) is 22.2. The third kappa shape index (κ3) is 4.76. The van der Waals surface area contributed by atoms with E-state index in [1.54, 1.807) is 20.8 Å². The van der Waals surface area contributed by atoms with E-state index in [4.69, 9.17) is 32.7 Å². The number of rotatable bonds is 3. The smallest absolute Gasteiger partial charge is 0.408 e. The lowest BCUT2D eigenvalue weighted by atomic mass is 10.0. The van der Waals surface area contributed by atoms with Crippen LogP contribution >= 0.6 is 23.2 Å². The van der Waals surface area contributed by atoms with E-state index in [1.807, 2.05) is 0 Å². The van der Waals surface area contributed by atoms with Gasteiger partial charge in [0.15, 0.2) is 5.75 Å². The van der Waals surface area contributed by atoms with Crippen LogP contribution in [-0.4, -0.2) is 35.7 Å². The van der Waals surface area contributed by atoms with Crippen molar-refractivity contribution >= 4 is 40.9 Å². The molecular formula is C20H20Cl2FN3O4. The first-order valence-corrected chi connectivity index (χ1v) is 9.79. The van der Waals surface area contributed by atoms with Crippen molar-refractivity contribution in [2.45, 2.75) is 38.8 Å². The van der Waals surface area contributed by atoms with Crippen LogP contribution in [0.15, 0.2) is 24.4 Å². The fourth-order valence-corrected chi connectivity index (χ4v) is 3.28. The second-order valence-electron chi connectivity index (χ2n) is 7.71. The highest BCUT2D eigenvalue weighted by atomic mass is 35.5. The topological polar surface area (TPSA) is 80.8 Å². The Labute approximate surface area is 183 Å². The number of nitrogens with one attached hydrogen (secondary N) is 1. The Balaban J connectivity index is 1.92. The highest BCUT2D eigenvalue weighted by molar-refractivity contribution is 6.33. The largest absolute Gasteiger partial charge is 0.452 e. The molecule has 1 aliphatic heterocycles. The molecule has 0 radical (unpaired) electrons. The van der Waals surface area contributed by atoms with Gasteiger partial charge in [0.05, 0.1) is 10.7 Å². The third-order valence-electron chi connectivity index (χ3n) is 4.20. The average molecular weight is 456 g/mol. The van der Waals surface area contributed by atoms with E-state index >= 15 is 0 Å². The van der Waals surface area contributed by atoms with Gasteiger partial charge < -0.3 is 19.7 Å².